The summed E-state index contributed by atoms with van der Waals surface area (Å²) in [6.07, 6.45) is 3.50. The second-order valence-electron chi connectivity index (χ2n) is 6.61. The number of unbranched alkanes of at least 4 members (excludes halogenated alkanes) is 3. The number of amides is 2. The predicted molar refractivity (Wildman–Crippen MR) is 104 cm³/mol. The van der Waals surface area contributed by atoms with E-state index in [-0.39, 0.29) is 12.0 Å². The Morgan fingerprint density at radius 3 is 2.04 bits per heavy atom. The van der Waals surface area contributed by atoms with E-state index in [1.54, 1.807) is 0 Å². The number of carbonyl (C=O) groups is 2. The van der Waals surface area contributed by atoms with E-state index in [1.807, 2.05) is 45.0 Å². The smallest absolute Gasteiger partial charge is 0.407 e. The van der Waals surface area contributed by atoms with Crippen LogP contribution in [0, 0.1) is 3.57 Å². The highest BCUT2D eigenvalue weighted by molar-refractivity contribution is 14.1. The van der Waals surface area contributed by atoms with E-state index in [9.17, 15) is 9.59 Å². The summed E-state index contributed by atoms with van der Waals surface area (Å²) in [6, 6.07) is 7.51. The van der Waals surface area contributed by atoms with Crippen molar-refractivity contribution in [2.45, 2.75) is 52.1 Å². The van der Waals surface area contributed by atoms with Crippen LogP contribution in [0.4, 0.5) is 4.79 Å². The maximum absolute atomic E-state index is 11.9. The van der Waals surface area contributed by atoms with Gasteiger partial charge in [-0.15, -0.1) is 0 Å². The molecule has 0 aliphatic heterocycles. The SMILES string of the molecule is CC(C)(C)OC(=O)NCCCCCCNC(=O)c1ccc(I)cc1. The lowest BCUT2D eigenvalue weighted by Crippen LogP contribution is -2.33. The minimum atomic E-state index is -0.459. The summed E-state index contributed by atoms with van der Waals surface area (Å²) in [4.78, 5) is 23.3. The van der Waals surface area contributed by atoms with Gasteiger partial charge >= 0.3 is 6.09 Å². The molecule has 1 rings (SSSR count). The van der Waals surface area contributed by atoms with Crippen molar-refractivity contribution in [1.82, 2.24) is 10.6 Å². The Labute approximate surface area is 158 Å². The van der Waals surface area contributed by atoms with Gasteiger partial charge in [0.2, 0.25) is 0 Å². The third-order valence-corrected chi connectivity index (χ3v) is 3.88. The van der Waals surface area contributed by atoms with Crippen LogP contribution in [0.2, 0.25) is 0 Å². The van der Waals surface area contributed by atoms with Gasteiger partial charge in [-0.05, 0) is 80.5 Å². The van der Waals surface area contributed by atoms with Crippen molar-refractivity contribution < 1.29 is 14.3 Å². The number of hydrogen-bond donors (Lipinski definition) is 2. The molecule has 134 valence electrons. The number of nitrogens with one attached hydrogen (secondary N) is 2. The highest BCUT2D eigenvalue weighted by Crippen LogP contribution is 2.07. The molecule has 0 saturated heterocycles. The van der Waals surface area contributed by atoms with Gasteiger partial charge in [-0.2, -0.15) is 0 Å². The molecule has 0 aliphatic carbocycles. The van der Waals surface area contributed by atoms with E-state index in [0.717, 1.165) is 29.3 Å². The summed E-state index contributed by atoms with van der Waals surface area (Å²) < 4.78 is 6.28. The van der Waals surface area contributed by atoms with E-state index in [4.69, 9.17) is 4.74 Å². The number of ether oxygens (including phenoxy) is 1. The van der Waals surface area contributed by atoms with E-state index in [1.165, 1.54) is 0 Å². The molecule has 2 amide bonds. The molecule has 0 bridgehead atoms. The minimum absolute atomic E-state index is 0.0296. The summed E-state index contributed by atoms with van der Waals surface area (Å²) in [5.41, 5.74) is 0.233. The number of hydrogen-bond acceptors (Lipinski definition) is 3. The van der Waals surface area contributed by atoms with Gasteiger partial charge in [-0.25, -0.2) is 4.79 Å². The van der Waals surface area contributed by atoms with Crippen molar-refractivity contribution in [1.29, 1.82) is 0 Å². The Morgan fingerprint density at radius 1 is 0.958 bits per heavy atom. The van der Waals surface area contributed by atoms with Crippen LogP contribution >= 0.6 is 22.6 Å². The molecule has 6 heteroatoms. The van der Waals surface area contributed by atoms with Gasteiger partial charge in [0.05, 0.1) is 0 Å². The second kappa shape index (κ2) is 10.5. The zero-order valence-corrected chi connectivity index (χ0v) is 16.8. The van der Waals surface area contributed by atoms with Crippen LogP contribution in [0.1, 0.15) is 56.8 Å². The van der Waals surface area contributed by atoms with Crippen molar-refractivity contribution in [2.75, 3.05) is 13.1 Å². The van der Waals surface area contributed by atoms with Crippen molar-refractivity contribution >= 4 is 34.6 Å². The van der Waals surface area contributed by atoms with E-state index >= 15 is 0 Å². The Hall–Kier alpha value is -1.31. The van der Waals surface area contributed by atoms with Crippen LogP contribution in [-0.2, 0) is 4.74 Å². The van der Waals surface area contributed by atoms with Gasteiger partial charge in [-0.3, -0.25) is 4.79 Å². The number of rotatable bonds is 8. The molecule has 0 unspecified atom stereocenters. The van der Waals surface area contributed by atoms with Crippen LogP contribution < -0.4 is 10.6 Å². The first-order valence-electron chi connectivity index (χ1n) is 8.28. The fourth-order valence-electron chi connectivity index (χ4n) is 2.01. The highest BCUT2D eigenvalue weighted by atomic mass is 127. The monoisotopic (exact) mass is 446 g/mol. The molecule has 0 radical (unpaired) electrons. The van der Waals surface area contributed by atoms with Gasteiger partial charge in [-0.1, -0.05) is 12.8 Å². The Bertz CT molecular complexity index is 524. The number of halogens is 1. The summed E-state index contributed by atoms with van der Waals surface area (Å²) in [5, 5.41) is 5.67. The standard InChI is InChI=1S/C18H27IN2O3/c1-18(2,3)24-17(23)21-13-7-5-4-6-12-20-16(22)14-8-10-15(19)11-9-14/h8-11H,4-7,12-13H2,1-3H3,(H,20,22)(H,21,23). The second-order valence-corrected chi connectivity index (χ2v) is 7.85. The zero-order chi connectivity index (χ0) is 18.0. The van der Waals surface area contributed by atoms with Crippen molar-refractivity contribution in [3.05, 3.63) is 33.4 Å². The normalized spacial score (nSPS) is 11.0. The summed E-state index contributed by atoms with van der Waals surface area (Å²) in [7, 11) is 0. The molecule has 5 nitrogen and oxygen atoms in total. The molecule has 0 heterocycles. The van der Waals surface area contributed by atoms with Crippen LogP contribution in [0.25, 0.3) is 0 Å². The topological polar surface area (TPSA) is 67.4 Å². The van der Waals surface area contributed by atoms with Crippen LogP contribution in [0.15, 0.2) is 24.3 Å². The largest absolute Gasteiger partial charge is 0.444 e. The zero-order valence-electron chi connectivity index (χ0n) is 14.7. The summed E-state index contributed by atoms with van der Waals surface area (Å²) in [6.45, 7) is 6.82. The first-order valence-corrected chi connectivity index (χ1v) is 9.36. The highest BCUT2D eigenvalue weighted by Gasteiger charge is 2.15. The fourth-order valence-corrected chi connectivity index (χ4v) is 2.37. The lowest BCUT2D eigenvalue weighted by atomic mass is 10.2. The molecule has 0 fully saturated rings. The van der Waals surface area contributed by atoms with E-state index < -0.39 is 5.60 Å². The quantitative estimate of drug-likeness (QED) is 0.467. The molecule has 0 saturated carbocycles. The summed E-state index contributed by atoms with van der Waals surface area (Å²) >= 11 is 2.21. The van der Waals surface area contributed by atoms with Crippen LogP contribution in [0.3, 0.4) is 0 Å². The Morgan fingerprint density at radius 2 is 1.50 bits per heavy atom. The summed E-state index contributed by atoms with van der Waals surface area (Å²) in [5.74, 6) is -0.0296. The average molecular weight is 446 g/mol. The molecule has 0 atom stereocenters. The first kappa shape index (κ1) is 20.7. The van der Waals surface area contributed by atoms with Crippen molar-refractivity contribution in [3.8, 4) is 0 Å². The van der Waals surface area contributed by atoms with Crippen LogP contribution in [-0.4, -0.2) is 30.7 Å². The van der Waals surface area contributed by atoms with Gasteiger partial charge in [0.1, 0.15) is 5.60 Å². The van der Waals surface area contributed by atoms with Crippen molar-refractivity contribution in [2.24, 2.45) is 0 Å². The Balaban J connectivity index is 2.01. The van der Waals surface area contributed by atoms with Gasteiger partial charge < -0.3 is 15.4 Å². The molecular weight excluding hydrogens is 419 g/mol. The molecule has 1 aromatic rings. The lowest BCUT2D eigenvalue weighted by Gasteiger charge is -2.19. The Kier molecular flexibility index (Phi) is 9.10. The predicted octanol–water partition coefficient (Wildman–Crippen LogP) is 4.11. The fraction of sp³-hybridized carbons (Fsp3) is 0.556. The van der Waals surface area contributed by atoms with Gasteiger partial charge in [0.25, 0.3) is 5.91 Å². The number of carbonyl (C=O) groups excluding carboxylic acids is 2. The van der Waals surface area contributed by atoms with Crippen LogP contribution in [0.5, 0.6) is 0 Å². The van der Waals surface area contributed by atoms with Gasteiger partial charge in [0, 0.05) is 22.2 Å². The van der Waals surface area contributed by atoms with Crippen molar-refractivity contribution in [3.63, 3.8) is 0 Å². The molecule has 24 heavy (non-hydrogen) atoms. The molecule has 0 aliphatic rings. The number of alkyl carbamates (subject to hydrolysis) is 1. The maximum atomic E-state index is 11.9. The first-order chi connectivity index (χ1) is 11.3. The molecule has 1 aromatic carbocycles. The third-order valence-electron chi connectivity index (χ3n) is 3.16. The van der Waals surface area contributed by atoms with Gasteiger partial charge in [0.15, 0.2) is 0 Å². The molecular formula is C18H27IN2O3. The molecule has 0 spiro atoms. The number of benzene rings is 1. The minimum Gasteiger partial charge on any atom is -0.444 e. The van der Waals surface area contributed by atoms with E-state index in [2.05, 4.69) is 33.2 Å². The maximum Gasteiger partial charge on any atom is 0.407 e. The molecule has 0 aromatic heterocycles. The average Bonchev–Trinajstić information content (AvgIpc) is 2.48. The lowest BCUT2D eigenvalue weighted by molar-refractivity contribution is 0.0526. The van der Waals surface area contributed by atoms with E-state index in [0.29, 0.717) is 18.7 Å². The molecule has 2 N–H and O–H groups in total. The third kappa shape index (κ3) is 9.75.